The van der Waals surface area contributed by atoms with Gasteiger partial charge in [0.25, 0.3) is 0 Å². The Bertz CT molecular complexity index is 2490. The Kier molecular flexibility index (Phi) is 6.61. The maximum atomic E-state index is 5.31. The minimum absolute atomic E-state index is 0.635. The highest BCUT2D eigenvalue weighted by molar-refractivity contribution is 7.26. The van der Waals surface area contributed by atoms with Crippen LogP contribution in [0.5, 0.6) is 0 Å². The second-order valence-electron chi connectivity index (χ2n) is 11.5. The minimum atomic E-state index is 0.635. The van der Waals surface area contributed by atoms with Crippen molar-refractivity contribution >= 4 is 42.4 Å². The molecule has 0 atom stereocenters. The van der Waals surface area contributed by atoms with E-state index in [4.69, 9.17) is 19.9 Å². The van der Waals surface area contributed by atoms with Gasteiger partial charge in [0.15, 0.2) is 17.5 Å². The molecule has 3 aromatic heterocycles. The number of benzene rings is 6. The van der Waals surface area contributed by atoms with Crippen molar-refractivity contribution < 1.29 is 0 Å². The highest BCUT2D eigenvalue weighted by Crippen LogP contribution is 2.43. The van der Waals surface area contributed by atoms with Crippen LogP contribution in [0.1, 0.15) is 0 Å². The minimum Gasteiger partial charge on any atom is -0.247 e. The molecule has 0 spiro atoms. The van der Waals surface area contributed by atoms with Crippen LogP contribution in [-0.2, 0) is 0 Å². The van der Waals surface area contributed by atoms with Crippen LogP contribution >= 0.6 is 11.3 Å². The molecular weight excluding hydrogens is 593 g/mol. The predicted molar refractivity (Wildman–Crippen MR) is 195 cm³/mol. The first-order valence-electron chi connectivity index (χ1n) is 15.6. The van der Waals surface area contributed by atoms with E-state index in [1.807, 2.05) is 72.0 Å². The van der Waals surface area contributed by atoms with Gasteiger partial charge in [-0.25, -0.2) is 19.9 Å². The number of aromatic nitrogens is 4. The molecule has 3 heterocycles. The number of hydrogen-bond donors (Lipinski definition) is 0. The van der Waals surface area contributed by atoms with Crippen LogP contribution in [0.15, 0.2) is 158 Å². The highest BCUT2D eigenvalue weighted by Gasteiger charge is 2.18. The van der Waals surface area contributed by atoms with Crippen LogP contribution in [0, 0.1) is 0 Å². The summed E-state index contributed by atoms with van der Waals surface area (Å²) >= 11 is 1.84. The van der Waals surface area contributed by atoms with Crippen molar-refractivity contribution in [2.45, 2.75) is 0 Å². The monoisotopic (exact) mass is 618 g/mol. The largest absolute Gasteiger partial charge is 0.247 e. The van der Waals surface area contributed by atoms with Gasteiger partial charge in [0.05, 0.1) is 11.2 Å². The fourth-order valence-electron chi connectivity index (χ4n) is 6.20. The summed E-state index contributed by atoms with van der Waals surface area (Å²) in [5.41, 5.74) is 8.24. The van der Waals surface area contributed by atoms with Gasteiger partial charge < -0.3 is 0 Å². The molecule has 0 bridgehead atoms. The lowest BCUT2D eigenvalue weighted by Gasteiger charge is -2.11. The average Bonchev–Trinajstić information content (AvgIpc) is 3.55. The van der Waals surface area contributed by atoms with Crippen LogP contribution < -0.4 is 0 Å². The van der Waals surface area contributed by atoms with Crippen LogP contribution in [0.25, 0.3) is 87.6 Å². The second-order valence-corrected chi connectivity index (χ2v) is 12.5. The zero-order valence-corrected chi connectivity index (χ0v) is 26.0. The van der Waals surface area contributed by atoms with Gasteiger partial charge in [0.1, 0.15) is 0 Å². The molecule has 6 aromatic carbocycles. The van der Waals surface area contributed by atoms with Crippen LogP contribution in [-0.4, -0.2) is 19.9 Å². The van der Waals surface area contributed by atoms with E-state index in [-0.39, 0.29) is 0 Å². The van der Waals surface area contributed by atoms with E-state index < -0.39 is 0 Å². The third-order valence-corrected chi connectivity index (χ3v) is 9.73. The zero-order chi connectivity index (χ0) is 31.2. The van der Waals surface area contributed by atoms with Crippen LogP contribution in [0.4, 0.5) is 0 Å². The molecule has 0 aliphatic carbocycles. The van der Waals surface area contributed by atoms with Gasteiger partial charge in [0.2, 0.25) is 0 Å². The first kappa shape index (κ1) is 27.3. The van der Waals surface area contributed by atoms with Crippen LogP contribution in [0.3, 0.4) is 0 Å². The maximum absolute atomic E-state index is 5.31. The van der Waals surface area contributed by atoms with E-state index in [1.165, 1.54) is 36.7 Å². The van der Waals surface area contributed by atoms with E-state index in [0.717, 1.165) is 33.5 Å². The van der Waals surface area contributed by atoms with Crippen LogP contribution in [0.2, 0.25) is 0 Å². The number of pyridine rings is 1. The van der Waals surface area contributed by atoms with E-state index >= 15 is 0 Å². The number of rotatable bonds is 5. The molecule has 0 unspecified atom stereocenters. The molecule has 4 nitrogen and oxygen atoms in total. The Hall–Kier alpha value is -6.04. The number of thiophene rings is 1. The summed E-state index contributed by atoms with van der Waals surface area (Å²) in [6.45, 7) is 0. The van der Waals surface area contributed by atoms with E-state index in [1.54, 1.807) is 0 Å². The third-order valence-electron chi connectivity index (χ3n) is 8.53. The van der Waals surface area contributed by atoms with Gasteiger partial charge in [-0.3, -0.25) is 0 Å². The molecule has 220 valence electrons. The Labute approximate surface area is 275 Å². The Morgan fingerprint density at radius 3 is 1.47 bits per heavy atom. The van der Waals surface area contributed by atoms with Gasteiger partial charge in [0, 0.05) is 47.8 Å². The standard InChI is InChI=1S/C42H26N4S/c1-4-12-27(13-5-1)32-24-25-35-34(26-32)39-37(33-18-10-11-19-36(33)47-39)38(43-35)28-20-22-31(23-21-28)42-45-40(29-14-6-2-7-15-29)44-41(46-42)30-16-8-3-9-17-30/h1-26H. The molecule has 0 aliphatic rings. The average molecular weight is 619 g/mol. The molecule has 47 heavy (non-hydrogen) atoms. The fraction of sp³-hybridized carbons (Fsp3) is 0. The van der Waals surface area contributed by atoms with Crippen molar-refractivity contribution in [2.24, 2.45) is 0 Å². The molecule has 0 saturated heterocycles. The van der Waals surface area contributed by atoms with Gasteiger partial charge in [-0.1, -0.05) is 140 Å². The summed E-state index contributed by atoms with van der Waals surface area (Å²) in [6, 6.07) is 54.4. The van der Waals surface area contributed by atoms with Gasteiger partial charge in [-0.05, 0) is 29.3 Å². The van der Waals surface area contributed by atoms with E-state index in [0.29, 0.717) is 17.5 Å². The highest BCUT2D eigenvalue weighted by atomic mass is 32.1. The first-order valence-corrected chi connectivity index (χ1v) is 16.4. The van der Waals surface area contributed by atoms with Crippen molar-refractivity contribution in [3.63, 3.8) is 0 Å². The predicted octanol–water partition coefficient (Wildman–Crippen LogP) is 11.1. The van der Waals surface area contributed by atoms with Crippen molar-refractivity contribution in [2.75, 3.05) is 0 Å². The molecule has 0 saturated carbocycles. The summed E-state index contributed by atoms with van der Waals surface area (Å²) in [7, 11) is 0. The number of hydrogen-bond acceptors (Lipinski definition) is 5. The molecule has 9 rings (SSSR count). The molecule has 0 aliphatic heterocycles. The van der Waals surface area contributed by atoms with Gasteiger partial charge in [-0.2, -0.15) is 0 Å². The molecule has 0 amide bonds. The zero-order valence-electron chi connectivity index (χ0n) is 25.2. The molecule has 0 N–H and O–H groups in total. The van der Waals surface area contributed by atoms with E-state index in [9.17, 15) is 0 Å². The Morgan fingerprint density at radius 1 is 0.362 bits per heavy atom. The number of nitrogens with zero attached hydrogens (tertiary/aromatic N) is 4. The third kappa shape index (κ3) is 4.94. The second kappa shape index (κ2) is 11.4. The van der Waals surface area contributed by atoms with E-state index in [2.05, 4.69) is 97.1 Å². The summed E-state index contributed by atoms with van der Waals surface area (Å²) in [5.74, 6) is 1.93. The smallest absolute Gasteiger partial charge is 0.164 e. The lowest BCUT2D eigenvalue weighted by molar-refractivity contribution is 1.07. The quantitative estimate of drug-likeness (QED) is 0.193. The number of fused-ring (bicyclic) bond motifs is 5. The fourth-order valence-corrected chi connectivity index (χ4v) is 7.42. The van der Waals surface area contributed by atoms with Gasteiger partial charge >= 0.3 is 0 Å². The lowest BCUT2D eigenvalue weighted by Crippen LogP contribution is -2.00. The lowest BCUT2D eigenvalue weighted by atomic mass is 9.99. The molecular formula is C42H26N4S. The summed E-state index contributed by atoms with van der Waals surface area (Å²) in [5, 5.41) is 3.59. The normalized spacial score (nSPS) is 11.4. The van der Waals surface area contributed by atoms with Crippen molar-refractivity contribution in [3.8, 4) is 56.5 Å². The first-order chi connectivity index (χ1) is 23.3. The summed E-state index contributed by atoms with van der Waals surface area (Å²) < 4.78 is 2.51. The van der Waals surface area contributed by atoms with Crippen molar-refractivity contribution in [1.82, 2.24) is 19.9 Å². The maximum Gasteiger partial charge on any atom is 0.164 e. The molecule has 0 radical (unpaired) electrons. The van der Waals surface area contributed by atoms with Crippen molar-refractivity contribution in [3.05, 3.63) is 158 Å². The molecule has 5 heteroatoms. The summed E-state index contributed by atoms with van der Waals surface area (Å²) in [6.07, 6.45) is 0. The molecule has 0 fully saturated rings. The Morgan fingerprint density at radius 2 is 0.851 bits per heavy atom. The van der Waals surface area contributed by atoms with Gasteiger partial charge in [-0.15, -0.1) is 11.3 Å². The molecule has 9 aromatic rings. The summed E-state index contributed by atoms with van der Waals surface area (Å²) in [4.78, 5) is 20.0. The Balaban J connectivity index is 1.19. The van der Waals surface area contributed by atoms with Crippen molar-refractivity contribution in [1.29, 1.82) is 0 Å². The SMILES string of the molecule is c1ccc(-c2ccc3nc(-c4ccc(-c5nc(-c6ccccc6)nc(-c6ccccc6)n5)cc4)c4c5ccccc5sc4c3c2)cc1. The topological polar surface area (TPSA) is 51.6 Å².